The summed E-state index contributed by atoms with van der Waals surface area (Å²) >= 11 is 0. The number of nitrogens with one attached hydrogen (secondary N) is 1. The molecule has 2 saturated heterocycles. The fourth-order valence-electron chi connectivity index (χ4n) is 4.23. The average Bonchev–Trinajstić information content (AvgIpc) is 3.30. The summed E-state index contributed by atoms with van der Waals surface area (Å²) in [4.78, 5) is 26.7. The van der Waals surface area contributed by atoms with Crippen LogP contribution in [-0.2, 0) is 24.1 Å². The van der Waals surface area contributed by atoms with Crippen molar-refractivity contribution in [2.45, 2.75) is 13.2 Å². The fraction of sp³-hybridized carbons (Fsp3) is 0.375. The number of aromatic amines is 1. The number of halogens is 1. The third-order valence-electron chi connectivity index (χ3n) is 6.29. The molecular formula is C24H25FN4O5S. The number of sulfone groups is 1. The number of carbonyl (C=O) groups is 1. The van der Waals surface area contributed by atoms with Gasteiger partial charge in [-0.1, -0.05) is 0 Å². The van der Waals surface area contributed by atoms with Gasteiger partial charge in [0.25, 0.3) is 0 Å². The van der Waals surface area contributed by atoms with Gasteiger partial charge in [-0.25, -0.2) is 17.8 Å². The molecule has 0 spiro atoms. The van der Waals surface area contributed by atoms with Gasteiger partial charge in [0.2, 0.25) is 12.2 Å². The van der Waals surface area contributed by atoms with Gasteiger partial charge in [0.1, 0.15) is 5.82 Å². The highest BCUT2D eigenvalue weighted by molar-refractivity contribution is 7.91. The Balaban J connectivity index is 1.36. The summed E-state index contributed by atoms with van der Waals surface area (Å²) in [5, 5.41) is 0. The molecule has 0 unspecified atom stereocenters. The minimum absolute atomic E-state index is 0.0322. The zero-order valence-corrected chi connectivity index (χ0v) is 19.9. The Morgan fingerprint density at radius 3 is 2.31 bits per heavy atom. The van der Waals surface area contributed by atoms with Crippen LogP contribution in [0.4, 0.5) is 4.39 Å². The van der Waals surface area contributed by atoms with Gasteiger partial charge in [0.05, 0.1) is 41.5 Å². The van der Waals surface area contributed by atoms with E-state index in [2.05, 4.69) is 9.97 Å². The summed E-state index contributed by atoms with van der Waals surface area (Å²) in [5.41, 5.74) is 1.95. The SMILES string of the molecule is CC1(C(=O)N2CCS(=O)(=O)CC2)COC(c2nc(-c3ccc(F)cc3)c(-c3ccncc3)[nH]2)OC1. The second-order valence-electron chi connectivity index (χ2n) is 9.05. The lowest BCUT2D eigenvalue weighted by Gasteiger charge is -2.39. The molecule has 1 N–H and O–H groups in total. The molecule has 2 aromatic heterocycles. The van der Waals surface area contributed by atoms with E-state index in [9.17, 15) is 17.6 Å². The summed E-state index contributed by atoms with van der Waals surface area (Å²) in [5.74, 6) is -0.168. The van der Waals surface area contributed by atoms with Crippen LogP contribution in [0.1, 0.15) is 19.0 Å². The normalized spacial score (nSPS) is 24.3. The largest absolute Gasteiger partial charge is 0.345 e. The molecule has 5 rings (SSSR count). The quantitative estimate of drug-likeness (QED) is 0.586. The molecule has 2 aliphatic heterocycles. The van der Waals surface area contributed by atoms with Crippen LogP contribution in [0.3, 0.4) is 0 Å². The van der Waals surface area contributed by atoms with E-state index in [-0.39, 0.29) is 49.5 Å². The van der Waals surface area contributed by atoms with Crippen molar-refractivity contribution in [3.05, 3.63) is 60.4 Å². The van der Waals surface area contributed by atoms with E-state index < -0.39 is 21.5 Å². The van der Waals surface area contributed by atoms with Gasteiger partial charge in [-0.2, -0.15) is 0 Å². The highest BCUT2D eigenvalue weighted by Gasteiger charge is 2.44. The van der Waals surface area contributed by atoms with Crippen LogP contribution in [0.15, 0.2) is 48.8 Å². The minimum Gasteiger partial charge on any atom is -0.345 e. The number of nitrogens with zero attached hydrogens (tertiary/aromatic N) is 3. The molecule has 2 aliphatic rings. The van der Waals surface area contributed by atoms with Crippen molar-refractivity contribution in [1.82, 2.24) is 19.9 Å². The van der Waals surface area contributed by atoms with Crippen molar-refractivity contribution in [2.24, 2.45) is 5.41 Å². The van der Waals surface area contributed by atoms with Crippen molar-refractivity contribution >= 4 is 15.7 Å². The standard InChI is InChI=1S/C24H25FN4O5S/c1-24(23(30)29-10-12-35(31,32)13-11-29)14-33-22(34-15-24)21-27-19(16-2-4-18(25)5-3-16)20(28-21)17-6-8-26-9-7-17/h2-9,22H,10-15H2,1H3,(H,27,28). The van der Waals surface area contributed by atoms with Gasteiger partial charge in [-0.15, -0.1) is 0 Å². The zero-order chi connectivity index (χ0) is 24.6. The molecular weight excluding hydrogens is 475 g/mol. The lowest BCUT2D eigenvalue weighted by Crippen LogP contribution is -2.54. The fourth-order valence-corrected chi connectivity index (χ4v) is 5.44. The highest BCUT2D eigenvalue weighted by atomic mass is 32.2. The predicted octanol–water partition coefficient (Wildman–Crippen LogP) is 2.59. The number of carbonyl (C=O) groups excluding carboxylic acids is 1. The summed E-state index contributed by atoms with van der Waals surface area (Å²) in [7, 11) is -3.09. The number of H-pyrrole nitrogens is 1. The molecule has 3 aromatic rings. The Hall–Kier alpha value is -3.15. The lowest BCUT2D eigenvalue weighted by atomic mass is 9.90. The second kappa shape index (κ2) is 9.14. The predicted molar refractivity (Wildman–Crippen MR) is 125 cm³/mol. The lowest BCUT2D eigenvalue weighted by molar-refractivity contribution is -0.234. The molecule has 0 atom stereocenters. The number of ether oxygens (including phenoxy) is 2. The molecule has 0 radical (unpaired) electrons. The molecule has 0 bridgehead atoms. The van der Waals surface area contributed by atoms with E-state index >= 15 is 0 Å². The van der Waals surface area contributed by atoms with Crippen molar-refractivity contribution in [3.63, 3.8) is 0 Å². The molecule has 184 valence electrons. The molecule has 2 fully saturated rings. The number of hydrogen-bond donors (Lipinski definition) is 1. The number of pyridine rings is 1. The number of benzene rings is 1. The van der Waals surface area contributed by atoms with Crippen molar-refractivity contribution < 1.29 is 27.1 Å². The van der Waals surface area contributed by atoms with E-state index in [4.69, 9.17) is 14.5 Å². The van der Waals surface area contributed by atoms with Gasteiger partial charge in [0, 0.05) is 36.6 Å². The maximum absolute atomic E-state index is 13.5. The van der Waals surface area contributed by atoms with E-state index in [1.54, 1.807) is 36.4 Å². The average molecular weight is 501 g/mol. The molecule has 1 amide bonds. The van der Waals surface area contributed by atoms with Crippen molar-refractivity contribution in [1.29, 1.82) is 0 Å². The zero-order valence-electron chi connectivity index (χ0n) is 19.1. The van der Waals surface area contributed by atoms with Crippen LogP contribution < -0.4 is 0 Å². The Morgan fingerprint density at radius 1 is 1.06 bits per heavy atom. The van der Waals surface area contributed by atoms with Crippen LogP contribution >= 0.6 is 0 Å². The van der Waals surface area contributed by atoms with E-state index in [1.165, 1.54) is 12.1 Å². The topological polar surface area (TPSA) is 114 Å². The molecule has 0 aliphatic carbocycles. The Labute approximate surface area is 202 Å². The van der Waals surface area contributed by atoms with Gasteiger partial charge in [0.15, 0.2) is 15.7 Å². The summed E-state index contributed by atoms with van der Waals surface area (Å²) in [6.07, 6.45) is 2.51. The first-order chi connectivity index (χ1) is 16.7. The molecule has 11 heteroatoms. The first kappa shape index (κ1) is 23.6. The summed E-state index contributed by atoms with van der Waals surface area (Å²) in [6.45, 7) is 2.29. The third kappa shape index (κ3) is 4.84. The number of hydrogen-bond acceptors (Lipinski definition) is 7. The third-order valence-corrected chi connectivity index (χ3v) is 7.90. The summed E-state index contributed by atoms with van der Waals surface area (Å²) < 4.78 is 48.8. The maximum atomic E-state index is 13.5. The van der Waals surface area contributed by atoms with E-state index in [1.807, 2.05) is 12.1 Å². The first-order valence-corrected chi connectivity index (χ1v) is 13.1. The van der Waals surface area contributed by atoms with Crippen molar-refractivity contribution in [2.75, 3.05) is 37.8 Å². The summed E-state index contributed by atoms with van der Waals surface area (Å²) in [6, 6.07) is 9.71. The van der Waals surface area contributed by atoms with Gasteiger partial charge >= 0.3 is 0 Å². The molecule has 4 heterocycles. The molecule has 35 heavy (non-hydrogen) atoms. The Bertz CT molecular complexity index is 1310. The molecule has 0 saturated carbocycles. The number of amides is 1. The Morgan fingerprint density at radius 2 is 1.69 bits per heavy atom. The van der Waals surface area contributed by atoms with Crippen LogP contribution in [0, 0.1) is 11.2 Å². The van der Waals surface area contributed by atoms with Gasteiger partial charge in [-0.3, -0.25) is 9.78 Å². The number of rotatable bonds is 4. The van der Waals surface area contributed by atoms with E-state index in [0.29, 0.717) is 17.2 Å². The smallest absolute Gasteiger partial charge is 0.233 e. The number of aromatic nitrogens is 3. The van der Waals surface area contributed by atoms with Crippen LogP contribution in [-0.4, -0.2) is 72.0 Å². The van der Waals surface area contributed by atoms with Crippen LogP contribution in [0.5, 0.6) is 0 Å². The second-order valence-corrected chi connectivity index (χ2v) is 11.4. The number of imidazole rings is 1. The monoisotopic (exact) mass is 500 g/mol. The molecule has 9 nitrogen and oxygen atoms in total. The minimum atomic E-state index is -3.09. The van der Waals surface area contributed by atoms with E-state index in [0.717, 1.165) is 11.1 Å². The maximum Gasteiger partial charge on any atom is 0.233 e. The highest BCUT2D eigenvalue weighted by Crippen LogP contribution is 2.36. The Kier molecular flexibility index (Phi) is 6.16. The molecule has 1 aromatic carbocycles. The van der Waals surface area contributed by atoms with Gasteiger partial charge in [-0.05, 0) is 43.3 Å². The van der Waals surface area contributed by atoms with Gasteiger partial charge < -0.3 is 19.4 Å². The van der Waals surface area contributed by atoms with Crippen LogP contribution in [0.25, 0.3) is 22.5 Å². The first-order valence-electron chi connectivity index (χ1n) is 11.2. The van der Waals surface area contributed by atoms with Crippen molar-refractivity contribution in [3.8, 4) is 22.5 Å². The van der Waals surface area contributed by atoms with Crippen LogP contribution in [0.2, 0.25) is 0 Å².